The normalized spacial score (nSPS) is 15.4. The predicted molar refractivity (Wildman–Crippen MR) is 95.9 cm³/mol. The van der Waals surface area contributed by atoms with Crippen LogP contribution in [0.3, 0.4) is 0 Å². The van der Waals surface area contributed by atoms with Gasteiger partial charge in [0, 0.05) is 31.1 Å². The van der Waals surface area contributed by atoms with Crippen molar-refractivity contribution in [1.29, 1.82) is 0 Å². The highest BCUT2D eigenvalue weighted by molar-refractivity contribution is 7.15. The van der Waals surface area contributed by atoms with E-state index in [0.29, 0.717) is 43.4 Å². The van der Waals surface area contributed by atoms with E-state index in [2.05, 4.69) is 22.1 Å². The molecule has 2 amide bonds. The molecule has 7 nitrogen and oxygen atoms in total. The molecule has 0 spiro atoms. The number of furan rings is 1. The van der Waals surface area contributed by atoms with Gasteiger partial charge in [0.2, 0.25) is 5.91 Å². The third-order valence-corrected chi connectivity index (χ3v) is 5.20. The first-order chi connectivity index (χ1) is 12.1. The molecule has 134 valence electrons. The van der Waals surface area contributed by atoms with Gasteiger partial charge in [-0.25, -0.2) is 4.98 Å². The van der Waals surface area contributed by atoms with Crippen molar-refractivity contribution in [1.82, 2.24) is 14.8 Å². The molecule has 2 aromatic heterocycles. The first kappa shape index (κ1) is 17.6. The number of aromatic nitrogens is 1. The fourth-order valence-electron chi connectivity index (χ4n) is 2.85. The summed E-state index contributed by atoms with van der Waals surface area (Å²) in [5, 5.41) is 3.54. The van der Waals surface area contributed by atoms with Gasteiger partial charge in [-0.15, -0.1) is 11.3 Å². The van der Waals surface area contributed by atoms with Gasteiger partial charge < -0.3 is 14.6 Å². The number of aryl methyl sites for hydroxylation is 2. The maximum absolute atomic E-state index is 12.3. The van der Waals surface area contributed by atoms with E-state index in [9.17, 15) is 9.59 Å². The summed E-state index contributed by atoms with van der Waals surface area (Å²) in [4.78, 5) is 33.9. The maximum Gasteiger partial charge on any atom is 0.257 e. The second kappa shape index (κ2) is 7.79. The molecule has 0 radical (unpaired) electrons. The maximum atomic E-state index is 12.3. The molecule has 25 heavy (non-hydrogen) atoms. The molecule has 2 aromatic rings. The second-order valence-corrected chi connectivity index (χ2v) is 7.21. The van der Waals surface area contributed by atoms with Crippen LogP contribution >= 0.6 is 11.3 Å². The number of nitrogens with one attached hydrogen (secondary N) is 1. The van der Waals surface area contributed by atoms with Gasteiger partial charge in [0.25, 0.3) is 5.91 Å². The van der Waals surface area contributed by atoms with Crippen molar-refractivity contribution >= 4 is 28.3 Å². The average molecular weight is 362 g/mol. The highest BCUT2D eigenvalue weighted by Crippen LogP contribution is 2.22. The molecule has 0 atom stereocenters. The number of anilines is 1. The van der Waals surface area contributed by atoms with E-state index in [1.54, 1.807) is 11.0 Å². The number of carbonyl (C=O) groups excluding carboxylic acids is 2. The van der Waals surface area contributed by atoms with E-state index >= 15 is 0 Å². The number of thiazole rings is 1. The number of nitrogens with zero attached hydrogens (tertiary/aromatic N) is 3. The zero-order valence-electron chi connectivity index (χ0n) is 14.4. The van der Waals surface area contributed by atoms with Crippen LogP contribution in [0.25, 0.3) is 0 Å². The van der Waals surface area contributed by atoms with Crippen LogP contribution in [-0.2, 0) is 11.2 Å². The Hall–Kier alpha value is -2.19. The van der Waals surface area contributed by atoms with Crippen molar-refractivity contribution in [3.63, 3.8) is 0 Å². The summed E-state index contributed by atoms with van der Waals surface area (Å²) >= 11 is 1.51. The predicted octanol–water partition coefficient (Wildman–Crippen LogP) is 2.00. The van der Waals surface area contributed by atoms with Crippen LogP contribution in [0.2, 0.25) is 0 Å². The third kappa shape index (κ3) is 4.26. The van der Waals surface area contributed by atoms with Crippen molar-refractivity contribution in [3.05, 3.63) is 34.7 Å². The van der Waals surface area contributed by atoms with Crippen LogP contribution in [0.15, 0.2) is 23.0 Å². The molecule has 0 aromatic carbocycles. The minimum Gasteiger partial charge on any atom is -0.472 e. The first-order valence-electron chi connectivity index (χ1n) is 8.36. The van der Waals surface area contributed by atoms with Gasteiger partial charge in [-0.3, -0.25) is 14.5 Å². The van der Waals surface area contributed by atoms with Crippen LogP contribution in [-0.4, -0.2) is 59.3 Å². The van der Waals surface area contributed by atoms with E-state index in [4.69, 9.17) is 4.42 Å². The fraction of sp³-hybridized carbons (Fsp3) is 0.471. The Bertz CT molecular complexity index is 733. The number of hydrogen-bond acceptors (Lipinski definition) is 6. The summed E-state index contributed by atoms with van der Waals surface area (Å²) in [5.74, 6) is -0.0887. The van der Waals surface area contributed by atoms with Crippen molar-refractivity contribution in [2.24, 2.45) is 0 Å². The number of carbonyl (C=O) groups is 2. The Balaban J connectivity index is 1.46. The van der Waals surface area contributed by atoms with E-state index in [0.717, 1.165) is 17.0 Å². The Morgan fingerprint density at radius 1 is 1.32 bits per heavy atom. The molecule has 0 saturated carbocycles. The minimum absolute atomic E-state index is 0.0248. The van der Waals surface area contributed by atoms with Crippen molar-refractivity contribution in [3.8, 4) is 0 Å². The topological polar surface area (TPSA) is 78.7 Å². The molecule has 8 heteroatoms. The largest absolute Gasteiger partial charge is 0.472 e. The fourth-order valence-corrected chi connectivity index (χ4v) is 3.77. The summed E-state index contributed by atoms with van der Waals surface area (Å²) in [6.07, 6.45) is 3.83. The van der Waals surface area contributed by atoms with Gasteiger partial charge in [0.1, 0.15) is 6.26 Å². The molecule has 3 rings (SSSR count). The smallest absolute Gasteiger partial charge is 0.257 e. The lowest BCUT2D eigenvalue weighted by molar-refractivity contribution is -0.117. The summed E-state index contributed by atoms with van der Waals surface area (Å²) in [5.41, 5.74) is 1.60. The molecule has 0 bridgehead atoms. The van der Waals surface area contributed by atoms with Crippen molar-refractivity contribution in [2.75, 3.05) is 38.0 Å². The molecule has 1 aliphatic rings. The molecule has 1 fully saturated rings. The first-order valence-corrected chi connectivity index (χ1v) is 9.18. The van der Waals surface area contributed by atoms with Crippen molar-refractivity contribution in [2.45, 2.75) is 20.3 Å². The second-order valence-electron chi connectivity index (χ2n) is 6.00. The molecule has 0 aliphatic carbocycles. The SMILES string of the molecule is CCc1nc(NC(=O)CN2CCN(C(=O)c3ccoc3)CC2)sc1C. The van der Waals surface area contributed by atoms with E-state index < -0.39 is 0 Å². The zero-order chi connectivity index (χ0) is 17.8. The summed E-state index contributed by atoms with van der Waals surface area (Å²) in [6.45, 7) is 6.94. The van der Waals surface area contributed by atoms with Crippen molar-refractivity contribution < 1.29 is 14.0 Å². The Morgan fingerprint density at radius 2 is 2.08 bits per heavy atom. The minimum atomic E-state index is -0.0639. The lowest BCUT2D eigenvalue weighted by Gasteiger charge is -2.34. The summed E-state index contributed by atoms with van der Waals surface area (Å²) in [6, 6.07) is 1.67. The Labute approximate surface area is 150 Å². The van der Waals surface area contributed by atoms with Gasteiger partial charge in [0.15, 0.2) is 5.13 Å². The highest BCUT2D eigenvalue weighted by atomic mass is 32.1. The number of piperazine rings is 1. The van der Waals surface area contributed by atoms with Gasteiger partial charge in [0.05, 0.1) is 24.1 Å². The van der Waals surface area contributed by atoms with Crippen LogP contribution in [0.4, 0.5) is 5.13 Å². The molecule has 1 aliphatic heterocycles. The zero-order valence-corrected chi connectivity index (χ0v) is 15.3. The van der Waals surface area contributed by atoms with Gasteiger partial charge >= 0.3 is 0 Å². The van der Waals surface area contributed by atoms with Gasteiger partial charge in [-0.2, -0.15) is 0 Å². The summed E-state index contributed by atoms with van der Waals surface area (Å²) < 4.78 is 4.96. The van der Waals surface area contributed by atoms with Crippen LogP contribution in [0.5, 0.6) is 0 Å². The number of hydrogen-bond donors (Lipinski definition) is 1. The molecule has 1 saturated heterocycles. The molecule has 0 unspecified atom stereocenters. The quantitative estimate of drug-likeness (QED) is 0.880. The van der Waals surface area contributed by atoms with Crippen LogP contribution in [0.1, 0.15) is 27.9 Å². The molecular formula is C17H22N4O3S. The monoisotopic (exact) mass is 362 g/mol. The molecule has 1 N–H and O–H groups in total. The average Bonchev–Trinajstić information content (AvgIpc) is 3.24. The Kier molecular flexibility index (Phi) is 5.50. The Morgan fingerprint density at radius 3 is 2.68 bits per heavy atom. The number of amides is 2. The summed E-state index contributed by atoms with van der Waals surface area (Å²) in [7, 11) is 0. The third-order valence-electron chi connectivity index (χ3n) is 4.27. The highest BCUT2D eigenvalue weighted by Gasteiger charge is 2.24. The van der Waals surface area contributed by atoms with Crippen LogP contribution in [0, 0.1) is 6.92 Å². The van der Waals surface area contributed by atoms with Crippen LogP contribution < -0.4 is 5.32 Å². The molecule has 3 heterocycles. The van der Waals surface area contributed by atoms with E-state index in [1.807, 2.05) is 6.92 Å². The van der Waals surface area contributed by atoms with E-state index in [1.165, 1.54) is 23.9 Å². The lowest BCUT2D eigenvalue weighted by atomic mass is 10.2. The standard InChI is InChI=1S/C17H22N4O3S/c1-3-14-12(2)25-17(18-14)19-15(22)10-20-5-7-21(8-6-20)16(23)13-4-9-24-11-13/h4,9,11H,3,5-8,10H2,1-2H3,(H,18,19,22). The van der Waals surface area contributed by atoms with Gasteiger partial charge in [-0.05, 0) is 19.4 Å². The molecular weight excluding hydrogens is 340 g/mol. The lowest BCUT2D eigenvalue weighted by Crippen LogP contribution is -2.50. The van der Waals surface area contributed by atoms with Gasteiger partial charge in [-0.1, -0.05) is 6.92 Å². The van der Waals surface area contributed by atoms with E-state index in [-0.39, 0.29) is 11.8 Å². The number of rotatable bonds is 5.